The molecule has 2 amide bonds. The summed E-state index contributed by atoms with van der Waals surface area (Å²) in [6.07, 6.45) is 5.99. The fourth-order valence-electron chi connectivity index (χ4n) is 4.90. The Labute approximate surface area is 159 Å². The molecule has 2 bridgehead atoms. The van der Waals surface area contributed by atoms with Crippen LogP contribution in [0.25, 0.3) is 0 Å². The van der Waals surface area contributed by atoms with Crippen molar-refractivity contribution in [2.45, 2.75) is 37.5 Å². The van der Waals surface area contributed by atoms with E-state index in [0.717, 1.165) is 25.9 Å². The molecule has 27 heavy (non-hydrogen) atoms. The van der Waals surface area contributed by atoms with Crippen LogP contribution in [0.3, 0.4) is 0 Å². The summed E-state index contributed by atoms with van der Waals surface area (Å²) in [4.78, 5) is 28.1. The number of hydrogen-bond donors (Lipinski definition) is 1. The molecule has 4 heterocycles. The minimum absolute atomic E-state index is 0.0400. The number of nitrogens with one attached hydrogen (secondary N) is 1. The zero-order chi connectivity index (χ0) is 19.0. The smallest absolute Gasteiger partial charge is 0.236 e. The highest BCUT2D eigenvalue weighted by Crippen LogP contribution is 2.54. The molecular formula is C18H28N6O3. The van der Waals surface area contributed by atoms with Gasteiger partial charge in [0.05, 0.1) is 18.2 Å². The maximum absolute atomic E-state index is 12.2. The monoisotopic (exact) mass is 376 g/mol. The van der Waals surface area contributed by atoms with Gasteiger partial charge in [0.25, 0.3) is 0 Å². The molecular weight excluding hydrogens is 348 g/mol. The number of likely N-dealkylation sites (N-methyl/N-ethyl adjacent to an activating group) is 1. The summed E-state index contributed by atoms with van der Waals surface area (Å²) in [5.41, 5.74) is -0.116. The summed E-state index contributed by atoms with van der Waals surface area (Å²) in [5, 5.41) is 10.6. The zero-order valence-corrected chi connectivity index (χ0v) is 16.0. The second kappa shape index (κ2) is 7.20. The minimum Gasteiger partial charge on any atom is -0.370 e. The average molecular weight is 376 g/mol. The van der Waals surface area contributed by atoms with Crippen LogP contribution in [-0.4, -0.2) is 88.4 Å². The first kappa shape index (κ1) is 18.4. The normalized spacial score (nSPS) is 31.9. The van der Waals surface area contributed by atoms with E-state index in [1.54, 1.807) is 36.2 Å². The molecule has 1 aromatic heterocycles. The van der Waals surface area contributed by atoms with Crippen LogP contribution in [0, 0.1) is 11.8 Å². The van der Waals surface area contributed by atoms with Gasteiger partial charge in [-0.15, -0.1) is 10.2 Å². The summed E-state index contributed by atoms with van der Waals surface area (Å²) in [5.74, 6) is 0.888. The third-order valence-corrected chi connectivity index (χ3v) is 6.31. The van der Waals surface area contributed by atoms with Crippen molar-refractivity contribution in [2.24, 2.45) is 11.8 Å². The largest absolute Gasteiger partial charge is 0.370 e. The second-order valence-electron chi connectivity index (χ2n) is 8.24. The number of fused-ring (bicyclic) bond motifs is 1. The molecule has 4 atom stereocenters. The van der Waals surface area contributed by atoms with Gasteiger partial charge in [0, 0.05) is 58.5 Å². The van der Waals surface area contributed by atoms with Crippen molar-refractivity contribution in [1.29, 1.82) is 0 Å². The summed E-state index contributed by atoms with van der Waals surface area (Å²) in [6.45, 7) is 3.37. The predicted octanol–water partition coefficient (Wildman–Crippen LogP) is -0.648. The van der Waals surface area contributed by atoms with E-state index in [1.807, 2.05) is 0 Å². The number of rotatable bonds is 7. The van der Waals surface area contributed by atoms with Crippen molar-refractivity contribution < 1.29 is 14.3 Å². The van der Waals surface area contributed by atoms with Crippen LogP contribution < -0.4 is 5.32 Å². The zero-order valence-electron chi connectivity index (χ0n) is 16.0. The molecule has 3 saturated heterocycles. The lowest BCUT2D eigenvalue weighted by atomic mass is 9.73. The third-order valence-electron chi connectivity index (χ3n) is 6.31. The van der Waals surface area contributed by atoms with Crippen molar-refractivity contribution >= 4 is 11.8 Å². The van der Waals surface area contributed by atoms with Gasteiger partial charge in [0.2, 0.25) is 11.8 Å². The van der Waals surface area contributed by atoms with Crippen molar-refractivity contribution in [3.05, 3.63) is 12.7 Å². The number of aryl methyl sites for hydroxylation is 1. The molecule has 1 spiro atoms. The Balaban J connectivity index is 1.30. The molecule has 4 rings (SSSR count). The Morgan fingerprint density at radius 1 is 1.33 bits per heavy atom. The molecule has 9 heteroatoms. The quantitative estimate of drug-likeness (QED) is 0.680. The van der Waals surface area contributed by atoms with Gasteiger partial charge in [-0.1, -0.05) is 0 Å². The number of likely N-dealkylation sites (tertiary alicyclic amines) is 1. The van der Waals surface area contributed by atoms with Crippen LogP contribution in [0.5, 0.6) is 0 Å². The van der Waals surface area contributed by atoms with Gasteiger partial charge in [-0.2, -0.15) is 0 Å². The van der Waals surface area contributed by atoms with Crippen molar-refractivity contribution in [3.8, 4) is 0 Å². The van der Waals surface area contributed by atoms with Crippen molar-refractivity contribution in [2.75, 3.05) is 40.3 Å². The number of carbonyl (C=O) groups excluding carboxylic acids is 2. The highest BCUT2D eigenvalue weighted by molar-refractivity contribution is 5.77. The van der Waals surface area contributed by atoms with Crippen LogP contribution in [-0.2, 0) is 20.9 Å². The summed E-state index contributed by atoms with van der Waals surface area (Å²) >= 11 is 0. The van der Waals surface area contributed by atoms with Crippen LogP contribution in [0.4, 0.5) is 0 Å². The molecule has 0 saturated carbocycles. The van der Waals surface area contributed by atoms with E-state index in [4.69, 9.17) is 4.74 Å². The van der Waals surface area contributed by atoms with Crippen molar-refractivity contribution in [1.82, 2.24) is 29.9 Å². The number of carbonyl (C=O) groups is 2. The van der Waals surface area contributed by atoms with Crippen LogP contribution in [0.15, 0.2) is 12.7 Å². The fourth-order valence-corrected chi connectivity index (χ4v) is 4.90. The lowest BCUT2D eigenvalue weighted by Gasteiger charge is -2.29. The van der Waals surface area contributed by atoms with Crippen LogP contribution in [0.1, 0.15) is 19.3 Å². The molecule has 0 radical (unpaired) electrons. The number of aromatic nitrogens is 3. The highest BCUT2D eigenvalue weighted by atomic mass is 16.5. The standard InChI is InChI=1S/C18H28N6O3/c1-22(2)17(26)9-24-8-14-13(15-3-5-18(14,10-24)27-15)7-19-16(25)4-6-23-11-20-21-12-23/h11-15H,3-10H2,1-2H3,(H,19,25)/t13-,14+,15+,18+/m0/s1. The SMILES string of the molecule is CN(C)C(=O)CN1C[C@@H]2[C@H](CNC(=O)CCn3cnnc3)[C@H]3CC[C@]2(C1)O3. The van der Waals surface area contributed by atoms with Crippen LogP contribution in [0.2, 0.25) is 0 Å². The van der Waals surface area contributed by atoms with E-state index in [2.05, 4.69) is 20.4 Å². The van der Waals surface area contributed by atoms with E-state index in [1.165, 1.54) is 0 Å². The van der Waals surface area contributed by atoms with Crippen molar-refractivity contribution in [3.63, 3.8) is 0 Å². The summed E-state index contributed by atoms with van der Waals surface area (Å²) in [6, 6.07) is 0. The molecule has 0 aromatic carbocycles. The Morgan fingerprint density at radius 2 is 2.11 bits per heavy atom. The van der Waals surface area contributed by atoms with Gasteiger partial charge >= 0.3 is 0 Å². The Kier molecular flexibility index (Phi) is 4.90. The molecule has 0 aliphatic carbocycles. The first-order chi connectivity index (χ1) is 13.0. The van der Waals surface area contributed by atoms with E-state index >= 15 is 0 Å². The molecule has 0 unspecified atom stereocenters. The van der Waals surface area contributed by atoms with Gasteiger partial charge in [0.1, 0.15) is 12.7 Å². The second-order valence-corrected chi connectivity index (χ2v) is 8.24. The first-order valence-electron chi connectivity index (χ1n) is 9.66. The van der Waals surface area contributed by atoms with Gasteiger partial charge in [-0.25, -0.2) is 0 Å². The summed E-state index contributed by atoms with van der Waals surface area (Å²) in [7, 11) is 3.58. The van der Waals surface area contributed by atoms with Gasteiger partial charge in [-0.3, -0.25) is 14.5 Å². The van der Waals surface area contributed by atoms with E-state index in [-0.39, 0.29) is 23.5 Å². The fraction of sp³-hybridized carbons (Fsp3) is 0.778. The average Bonchev–Trinajstić information content (AvgIpc) is 3.38. The molecule has 1 N–H and O–H groups in total. The third kappa shape index (κ3) is 3.58. The Hall–Kier alpha value is -2.00. The predicted molar refractivity (Wildman–Crippen MR) is 96.6 cm³/mol. The number of ether oxygens (including phenoxy) is 1. The molecule has 1 aromatic rings. The molecule has 3 fully saturated rings. The first-order valence-corrected chi connectivity index (χ1v) is 9.66. The van der Waals surface area contributed by atoms with E-state index in [9.17, 15) is 9.59 Å². The minimum atomic E-state index is -0.116. The molecule has 3 aliphatic heterocycles. The highest BCUT2D eigenvalue weighted by Gasteiger charge is 2.62. The Morgan fingerprint density at radius 3 is 2.85 bits per heavy atom. The molecule has 3 aliphatic rings. The molecule has 9 nitrogen and oxygen atoms in total. The Bertz CT molecular complexity index is 693. The van der Waals surface area contributed by atoms with E-state index in [0.29, 0.717) is 37.9 Å². The van der Waals surface area contributed by atoms with Gasteiger partial charge in [-0.05, 0) is 12.8 Å². The van der Waals surface area contributed by atoms with Gasteiger partial charge < -0.3 is 19.5 Å². The number of amides is 2. The maximum atomic E-state index is 12.2. The lowest BCUT2D eigenvalue weighted by molar-refractivity contribution is -0.130. The van der Waals surface area contributed by atoms with E-state index < -0.39 is 0 Å². The topological polar surface area (TPSA) is 92.6 Å². The summed E-state index contributed by atoms with van der Waals surface area (Å²) < 4.78 is 8.18. The maximum Gasteiger partial charge on any atom is 0.236 e. The van der Waals surface area contributed by atoms with Crippen LogP contribution >= 0.6 is 0 Å². The molecule has 148 valence electrons. The number of nitrogens with zero attached hydrogens (tertiary/aromatic N) is 5. The lowest BCUT2D eigenvalue weighted by Crippen LogP contribution is -2.42. The number of hydrogen-bond acceptors (Lipinski definition) is 6. The van der Waals surface area contributed by atoms with Gasteiger partial charge in [0.15, 0.2) is 0 Å².